The largest absolute Gasteiger partial charge is 0.348 e. The van der Waals surface area contributed by atoms with Gasteiger partial charge in [0.25, 0.3) is 0 Å². The second-order valence-corrected chi connectivity index (χ2v) is 9.21. The molecule has 1 aliphatic rings. The molecule has 6 heteroatoms. The van der Waals surface area contributed by atoms with Crippen LogP contribution in [0.2, 0.25) is 0 Å². The highest BCUT2D eigenvalue weighted by Crippen LogP contribution is 2.29. The van der Waals surface area contributed by atoms with Gasteiger partial charge in [0.1, 0.15) is 0 Å². The number of hydrogen-bond donors (Lipinski definition) is 1. The van der Waals surface area contributed by atoms with Crippen LogP contribution in [0.5, 0.6) is 0 Å². The quantitative estimate of drug-likeness (QED) is 0.830. The van der Waals surface area contributed by atoms with Crippen molar-refractivity contribution in [3.05, 3.63) is 70.8 Å². The Labute approximate surface area is 161 Å². The van der Waals surface area contributed by atoms with Crippen LogP contribution in [0.3, 0.4) is 0 Å². The van der Waals surface area contributed by atoms with Crippen LogP contribution >= 0.6 is 0 Å². The summed E-state index contributed by atoms with van der Waals surface area (Å²) in [6.07, 6.45) is 4.05. The van der Waals surface area contributed by atoms with Gasteiger partial charge in [-0.3, -0.25) is 4.79 Å². The fourth-order valence-electron chi connectivity index (χ4n) is 3.49. The van der Waals surface area contributed by atoms with Gasteiger partial charge in [0.15, 0.2) is 0 Å². The van der Waals surface area contributed by atoms with Crippen LogP contribution in [0.25, 0.3) is 0 Å². The number of carbonyl (C=O) groups excluding carboxylic acids is 1. The zero-order valence-corrected chi connectivity index (χ0v) is 16.6. The highest BCUT2D eigenvalue weighted by atomic mass is 32.2. The van der Waals surface area contributed by atoms with E-state index in [0.29, 0.717) is 0 Å². The SMILES string of the molecule is Cc1ccc(CN(CC(=O)N[C@@H]2CCCc3ccccc32)S(C)(=O)=O)cc1. The molecule has 1 N–H and O–H groups in total. The Bertz CT molecular complexity index is 907. The number of sulfonamides is 1. The van der Waals surface area contributed by atoms with Crippen LogP contribution in [-0.2, 0) is 27.8 Å². The number of hydrogen-bond acceptors (Lipinski definition) is 3. The highest BCUT2D eigenvalue weighted by Gasteiger charge is 2.25. The molecule has 0 aromatic heterocycles. The summed E-state index contributed by atoms with van der Waals surface area (Å²) < 4.78 is 25.6. The topological polar surface area (TPSA) is 66.5 Å². The van der Waals surface area contributed by atoms with E-state index >= 15 is 0 Å². The Kier molecular flexibility index (Phi) is 5.97. The number of nitrogens with one attached hydrogen (secondary N) is 1. The first-order valence-corrected chi connectivity index (χ1v) is 11.1. The predicted octanol–water partition coefficient (Wildman–Crippen LogP) is 2.95. The average molecular weight is 387 g/mol. The molecule has 27 heavy (non-hydrogen) atoms. The van der Waals surface area contributed by atoms with Crippen molar-refractivity contribution in [3.8, 4) is 0 Å². The maximum atomic E-state index is 12.6. The zero-order chi connectivity index (χ0) is 19.4. The normalized spacial score (nSPS) is 16.8. The van der Waals surface area contributed by atoms with Gasteiger partial charge in [-0.25, -0.2) is 8.42 Å². The third-order valence-corrected chi connectivity index (χ3v) is 6.17. The van der Waals surface area contributed by atoms with E-state index in [2.05, 4.69) is 11.4 Å². The Morgan fingerprint density at radius 2 is 1.85 bits per heavy atom. The summed E-state index contributed by atoms with van der Waals surface area (Å²) in [6.45, 7) is 1.99. The molecule has 0 heterocycles. The lowest BCUT2D eigenvalue weighted by Crippen LogP contribution is -2.41. The molecule has 0 bridgehead atoms. The molecule has 5 nitrogen and oxygen atoms in total. The van der Waals surface area contributed by atoms with Gasteiger partial charge in [0.05, 0.1) is 18.8 Å². The van der Waals surface area contributed by atoms with Crippen LogP contribution in [0.4, 0.5) is 0 Å². The third-order valence-electron chi connectivity index (χ3n) is 4.97. The van der Waals surface area contributed by atoms with Crippen molar-refractivity contribution in [2.24, 2.45) is 0 Å². The van der Waals surface area contributed by atoms with Crippen LogP contribution < -0.4 is 5.32 Å². The van der Waals surface area contributed by atoms with Gasteiger partial charge in [-0.2, -0.15) is 4.31 Å². The number of nitrogens with zero attached hydrogens (tertiary/aromatic N) is 1. The van der Waals surface area contributed by atoms with E-state index in [9.17, 15) is 13.2 Å². The van der Waals surface area contributed by atoms with Gasteiger partial charge in [0.2, 0.25) is 15.9 Å². The van der Waals surface area contributed by atoms with Crippen molar-refractivity contribution in [2.75, 3.05) is 12.8 Å². The van der Waals surface area contributed by atoms with Gasteiger partial charge >= 0.3 is 0 Å². The summed E-state index contributed by atoms with van der Waals surface area (Å²) >= 11 is 0. The molecule has 0 saturated heterocycles. The van der Waals surface area contributed by atoms with Gasteiger partial charge in [0, 0.05) is 6.54 Å². The molecule has 0 aliphatic heterocycles. The average Bonchev–Trinajstić information content (AvgIpc) is 2.62. The minimum Gasteiger partial charge on any atom is -0.348 e. The van der Waals surface area contributed by atoms with Gasteiger partial charge in [-0.1, -0.05) is 54.1 Å². The number of benzene rings is 2. The Hall–Kier alpha value is -2.18. The van der Waals surface area contributed by atoms with Crippen LogP contribution in [0.15, 0.2) is 48.5 Å². The minimum atomic E-state index is -3.50. The van der Waals surface area contributed by atoms with E-state index in [-0.39, 0.29) is 25.0 Å². The number of carbonyl (C=O) groups is 1. The van der Waals surface area contributed by atoms with E-state index in [4.69, 9.17) is 0 Å². The first-order chi connectivity index (χ1) is 12.8. The number of fused-ring (bicyclic) bond motifs is 1. The summed E-state index contributed by atoms with van der Waals surface area (Å²) in [7, 11) is -3.50. The Morgan fingerprint density at radius 3 is 2.56 bits per heavy atom. The first kappa shape index (κ1) is 19.6. The second-order valence-electron chi connectivity index (χ2n) is 7.23. The summed E-state index contributed by atoms with van der Waals surface area (Å²) in [5.74, 6) is -0.269. The summed E-state index contributed by atoms with van der Waals surface area (Å²) in [5.41, 5.74) is 4.37. The van der Waals surface area contributed by atoms with Crippen LogP contribution in [0.1, 0.15) is 41.1 Å². The van der Waals surface area contributed by atoms with E-state index in [1.54, 1.807) is 0 Å². The van der Waals surface area contributed by atoms with E-state index in [1.165, 1.54) is 9.87 Å². The van der Waals surface area contributed by atoms with Crippen molar-refractivity contribution in [3.63, 3.8) is 0 Å². The Morgan fingerprint density at radius 1 is 1.15 bits per heavy atom. The molecular weight excluding hydrogens is 360 g/mol. The summed E-state index contributed by atoms with van der Waals surface area (Å²) in [6, 6.07) is 15.7. The van der Waals surface area contributed by atoms with Crippen molar-refractivity contribution in [1.82, 2.24) is 9.62 Å². The molecule has 0 fully saturated rings. The third kappa shape index (κ3) is 5.17. The Balaban J connectivity index is 1.69. The standard InChI is InChI=1S/C21H26N2O3S/c1-16-10-12-17(13-11-16)14-23(27(2,25)26)15-21(24)22-20-9-5-7-18-6-3-4-8-19(18)20/h3-4,6,8,10-13,20H,5,7,9,14-15H2,1-2H3,(H,22,24)/t20-/m1/s1. The molecule has 0 spiro atoms. The fourth-order valence-corrected chi connectivity index (χ4v) is 4.23. The first-order valence-electron chi connectivity index (χ1n) is 9.21. The molecule has 2 aromatic rings. The monoisotopic (exact) mass is 386 g/mol. The molecule has 3 rings (SSSR count). The van der Waals surface area contributed by atoms with Crippen molar-refractivity contribution >= 4 is 15.9 Å². The molecule has 0 radical (unpaired) electrons. The number of amides is 1. The molecule has 1 atom stereocenters. The lowest BCUT2D eigenvalue weighted by molar-refractivity contribution is -0.122. The predicted molar refractivity (Wildman–Crippen MR) is 107 cm³/mol. The number of rotatable bonds is 6. The van der Waals surface area contributed by atoms with Crippen LogP contribution in [0, 0.1) is 6.92 Å². The molecule has 0 unspecified atom stereocenters. The lowest BCUT2D eigenvalue weighted by atomic mass is 9.88. The highest BCUT2D eigenvalue weighted by molar-refractivity contribution is 7.88. The molecule has 1 amide bonds. The van der Waals surface area contributed by atoms with E-state index in [0.717, 1.165) is 42.2 Å². The molecular formula is C21H26N2O3S. The van der Waals surface area contributed by atoms with E-state index < -0.39 is 10.0 Å². The van der Waals surface area contributed by atoms with Crippen molar-refractivity contribution in [2.45, 2.75) is 38.8 Å². The fraction of sp³-hybridized carbons (Fsp3) is 0.381. The van der Waals surface area contributed by atoms with Crippen molar-refractivity contribution in [1.29, 1.82) is 0 Å². The van der Waals surface area contributed by atoms with Gasteiger partial charge in [-0.05, 0) is 42.9 Å². The maximum absolute atomic E-state index is 12.6. The van der Waals surface area contributed by atoms with Gasteiger partial charge < -0.3 is 5.32 Å². The van der Waals surface area contributed by atoms with Crippen LogP contribution in [-0.4, -0.2) is 31.4 Å². The lowest BCUT2D eigenvalue weighted by Gasteiger charge is -2.27. The van der Waals surface area contributed by atoms with E-state index in [1.807, 2.05) is 49.4 Å². The van der Waals surface area contributed by atoms with Gasteiger partial charge in [-0.15, -0.1) is 0 Å². The molecule has 1 aliphatic carbocycles. The molecule has 0 saturated carbocycles. The minimum absolute atomic E-state index is 0.0526. The second kappa shape index (κ2) is 8.23. The van der Waals surface area contributed by atoms with Crippen molar-refractivity contribution < 1.29 is 13.2 Å². The smallest absolute Gasteiger partial charge is 0.235 e. The maximum Gasteiger partial charge on any atom is 0.235 e. The summed E-state index contributed by atoms with van der Waals surface area (Å²) in [4.78, 5) is 12.6. The molecule has 144 valence electrons. The zero-order valence-electron chi connectivity index (χ0n) is 15.8. The molecule has 2 aromatic carbocycles. The summed E-state index contributed by atoms with van der Waals surface area (Å²) in [5, 5.41) is 3.03. The number of aryl methyl sites for hydroxylation is 2.